The molecule has 0 aromatic heterocycles. The highest BCUT2D eigenvalue weighted by molar-refractivity contribution is 9.10. The fourth-order valence-electron chi connectivity index (χ4n) is 2.05. The van der Waals surface area contributed by atoms with E-state index < -0.39 is 0 Å². The summed E-state index contributed by atoms with van der Waals surface area (Å²) in [7, 11) is 0. The fraction of sp³-hybridized carbons (Fsp3) is 0.333. The van der Waals surface area contributed by atoms with Crippen LogP contribution in [-0.4, -0.2) is 16.7 Å². The molecule has 1 aromatic rings. The lowest BCUT2D eigenvalue weighted by Crippen LogP contribution is -2.25. The first kappa shape index (κ1) is 11.3. The van der Waals surface area contributed by atoms with E-state index in [1.165, 1.54) is 13.0 Å². The van der Waals surface area contributed by atoms with Crippen molar-refractivity contribution in [2.75, 3.05) is 0 Å². The number of carbonyl (C=O) groups is 2. The summed E-state index contributed by atoms with van der Waals surface area (Å²) in [6.07, 6.45) is 0.720. The highest BCUT2D eigenvalue weighted by Gasteiger charge is 2.31. The Balaban J connectivity index is 2.54. The van der Waals surface area contributed by atoms with Crippen molar-refractivity contribution >= 4 is 27.5 Å². The predicted molar refractivity (Wildman–Crippen MR) is 62.6 cm³/mol. The van der Waals surface area contributed by atoms with Crippen molar-refractivity contribution in [2.24, 2.45) is 5.92 Å². The van der Waals surface area contributed by atoms with Gasteiger partial charge < -0.3 is 5.11 Å². The largest absolute Gasteiger partial charge is 0.507 e. The fourth-order valence-corrected chi connectivity index (χ4v) is 2.54. The first-order chi connectivity index (χ1) is 7.50. The van der Waals surface area contributed by atoms with Crippen LogP contribution in [-0.2, 0) is 11.2 Å². The van der Waals surface area contributed by atoms with Crippen LogP contribution in [0.1, 0.15) is 29.3 Å². The second kappa shape index (κ2) is 4.01. The number of ketones is 2. The molecule has 1 aliphatic rings. The number of fused-ring (bicyclic) bond motifs is 1. The number of hydrogen-bond acceptors (Lipinski definition) is 3. The van der Waals surface area contributed by atoms with Crippen molar-refractivity contribution in [3.63, 3.8) is 0 Å². The Morgan fingerprint density at radius 2 is 2.12 bits per heavy atom. The minimum Gasteiger partial charge on any atom is -0.507 e. The molecular weight excluding hydrogens is 272 g/mol. The van der Waals surface area contributed by atoms with Crippen LogP contribution in [0, 0.1) is 5.92 Å². The van der Waals surface area contributed by atoms with Crippen LogP contribution in [0.25, 0.3) is 0 Å². The monoisotopic (exact) mass is 282 g/mol. The van der Waals surface area contributed by atoms with E-state index in [9.17, 15) is 14.7 Å². The van der Waals surface area contributed by atoms with Crippen LogP contribution in [0.15, 0.2) is 16.6 Å². The molecule has 2 rings (SSSR count). The molecule has 0 fully saturated rings. The van der Waals surface area contributed by atoms with Gasteiger partial charge in [0.2, 0.25) is 0 Å². The van der Waals surface area contributed by atoms with Crippen molar-refractivity contribution in [1.82, 2.24) is 0 Å². The Bertz CT molecular complexity index is 479. The summed E-state index contributed by atoms with van der Waals surface area (Å²) in [6.45, 7) is 1.50. The van der Waals surface area contributed by atoms with Gasteiger partial charge in [0, 0.05) is 16.8 Å². The number of phenolic OH excluding ortho intramolecular Hbond substituents is 1. The van der Waals surface area contributed by atoms with E-state index in [0.717, 1.165) is 10.0 Å². The molecule has 0 radical (unpaired) electrons. The second-order valence-corrected chi connectivity index (χ2v) is 4.91. The van der Waals surface area contributed by atoms with E-state index in [1.807, 2.05) is 0 Å². The Morgan fingerprint density at radius 1 is 1.44 bits per heavy atom. The number of halogens is 1. The van der Waals surface area contributed by atoms with Crippen LogP contribution in [0.2, 0.25) is 0 Å². The van der Waals surface area contributed by atoms with Gasteiger partial charge in [-0.05, 0) is 31.0 Å². The van der Waals surface area contributed by atoms with Gasteiger partial charge in [-0.3, -0.25) is 9.59 Å². The zero-order valence-corrected chi connectivity index (χ0v) is 10.4. The van der Waals surface area contributed by atoms with Crippen molar-refractivity contribution in [1.29, 1.82) is 0 Å². The highest BCUT2D eigenvalue weighted by Crippen LogP contribution is 2.36. The zero-order valence-electron chi connectivity index (χ0n) is 8.79. The molecular formula is C12H11BrO3. The lowest BCUT2D eigenvalue weighted by Gasteiger charge is -2.23. The molecule has 4 heteroatoms. The molecule has 84 valence electrons. The maximum Gasteiger partial charge on any atom is 0.167 e. The first-order valence-electron chi connectivity index (χ1n) is 5.04. The van der Waals surface area contributed by atoms with Gasteiger partial charge in [-0.15, -0.1) is 0 Å². The SMILES string of the molecule is CC(=O)C1CC(=O)c2c(O)ccc(Br)c2C1. The molecule has 0 heterocycles. The summed E-state index contributed by atoms with van der Waals surface area (Å²) in [5.74, 6) is -0.377. The highest BCUT2D eigenvalue weighted by atomic mass is 79.9. The molecule has 1 N–H and O–H groups in total. The number of Topliss-reactive ketones (excluding diaryl/α,β-unsaturated/α-hetero) is 2. The van der Waals surface area contributed by atoms with E-state index in [-0.39, 0.29) is 29.7 Å². The molecule has 1 aromatic carbocycles. The van der Waals surface area contributed by atoms with Crippen LogP contribution in [0.4, 0.5) is 0 Å². The quantitative estimate of drug-likeness (QED) is 0.861. The third kappa shape index (κ3) is 1.78. The summed E-state index contributed by atoms with van der Waals surface area (Å²) in [5, 5.41) is 9.65. The summed E-state index contributed by atoms with van der Waals surface area (Å²) in [4.78, 5) is 23.2. The Labute approximate surface area is 102 Å². The van der Waals surface area contributed by atoms with E-state index in [4.69, 9.17) is 0 Å². The maximum absolute atomic E-state index is 11.8. The summed E-state index contributed by atoms with van der Waals surface area (Å²) in [5.41, 5.74) is 1.11. The number of rotatable bonds is 1. The van der Waals surface area contributed by atoms with Gasteiger partial charge in [-0.2, -0.15) is 0 Å². The van der Waals surface area contributed by atoms with E-state index >= 15 is 0 Å². The smallest absolute Gasteiger partial charge is 0.167 e. The van der Waals surface area contributed by atoms with Gasteiger partial charge in [0.05, 0.1) is 5.56 Å². The number of carbonyl (C=O) groups excluding carboxylic acids is 2. The van der Waals surface area contributed by atoms with Gasteiger partial charge in [-0.1, -0.05) is 15.9 Å². The maximum atomic E-state index is 11.8. The zero-order chi connectivity index (χ0) is 11.9. The van der Waals surface area contributed by atoms with Gasteiger partial charge in [0.25, 0.3) is 0 Å². The second-order valence-electron chi connectivity index (χ2n) is 4.06. The van der Waals surface area contributed by atoms with Crippen LogP contribution in [0.5, 0.6) is 5.75 Å². The molecule has 0 spiro atoms. The molecule has 0 bridgehead atoms. The summed E-state index contributed by atoms with van der Waals surface area (Å²) < 4.78 is 0.777. The minimum atomic E-state index is -0.252. The molecule has 0 saturated heterocycles. The average molecular weight is 283 g/mol. The molecule has 0 amide bonds. The third-order valence-corrected chi connectivity index (χ3v) is 3.71. The summed E-state index contributed by atoms with van der Waals surface area (Å²) >= 11 is 3.35. The van der Waals surface area contributed by atoms with Gasteiger partial charge >= 0.3 is 0 Å². The third-order valence-electron chi connectivity index (χ3n) is 2.97. The summed E-state index contributed by atoms with van der Waals surface area (Å²) in [6, 6.07) is 3.19. The lowest BCUT2D eigenvalue weighted by molar-refractivity contribution is -0.120. The van der Waals surface area contributed by atoms with E-state index in [0.29, 0.717) is 12.0 Å². The molecule has 16 heavy (non-hydrogen) atoms. The Kier molecular flexibility index (Phi) is 2.84. The van der Waals surface area contributed by atoms with Crippen molar-refractivity contribution < 1.29 is 14.7 Å². The van der Waals surface area contributed by atoms with Crippen LogP contribution >= 0.6 is 15.9 Å². The molecule has 1 atom stereocenters. The average Bonchev–Trinajstić information content (AvgIpc) is 2.22. The lowest BCUT2D eigenvalue weighted by atomic mass is 9.81. The van der Waals surface area contributed by atoms with E-state index in [2.05, 4.69) is 15.9 Å². The number of phenols is 1. The number of hydrogen-bond donors (Lipinski definition) is 1. The Hall–Kier alpha value is -1.16. The molecule has 0 saturated carbocycles. The predicted octanol–water partition coefficient (Wildman–Crippen LogP) is 2.49. The Morgan fingerprint density at radius 3 is 2.75 bits per heavy atom. The molecule has 0 aliphatic heterocycles. The van der Waals surface area contributed by atoms with Crippen molar-refractivity contribution in [3.05, 3.63) is 27.7 Å². The normalized spacial score (nSPS) is 19.4. The minimum absolute atomic E-state index is 0.00482. The van der Waals surface area contributed by atoms with E-state index in [1.54, 1.807) is 6.07 Å². The van der Waals surface area contributed by atoms with Crippen molar-refractivity contribution in [3.8, 4) is 5.75 Å². The topological polar surface area (TPSA) is 54.4 Å². The molecule has 3 nitrogen and oxygen atoms in total. The van der Waals surface area contributed by atoms with Gasteiger partial charge in [0.15, 0.2) is 5.78 Å². The number of benzene rings is 1. The molecule has 1 aliphatic carbocycles. The van der Waals surface area contributed by atoms with Gasteiger partial charge in [-0.25, -0.2) is 0 Å². The van der Waals surface area contributed by atoms with Crippen LogP contribution in [0.3, 0.4) is 0 Å². The van der Waals surface area contributed by atoms with Crippen molar-refractivity contribution in [2.45, 2.75) is 19.8 Å². The standard InChI is InChI=1S/C12H11BrO3/c1-6(14)7-4-8-9(13)2-3-10(15)12(8)11(16)5-7/h2-3,7,15H,4-5H2,1H3. The van der Waals surface area contributed by atoms with Gasteiger partial charge in [0.1, 0.15) is 11.5 Å². The van der Waals surface area contributed by atoms with Crippen LogP contribution < -0.4 is 0 Å². The number of aromatic hydroxyl groups is 1. The first-order valence-corrected chi connectivity index (χ1v) is 5.84. The molecule has 1 unspecified atom stereocenters.